The molecule has 0 bridgehead atoms. The number of rotatable bonds is 6. The molecule has 0 spiro atoms. The van der Waals surface area contributed by atoms with Crippen LogP contribution in [-0.2, 0) is 0 Å². The van der Waals surface area contributed by atoms with Gasteiger partial charge in [-0.3, -0.25) is 0 Å². The van der Waals surface area contributed by atoms with Crippen molar-refractivity contribution in [2.24, 2.45) is 11.3 Å². The van der Waals surface area contributed by atoms with Gasteiger partial charge in [-0.15, -0.1) is 0 Å². The summed E-state index contributed by atoms with van der Waals surface area (Å²) in [5, 5.41) is 13.2. The lowest BCUT2D eigenvalue weighted by molar-refractivity contribution is 0.0811. The monoisotopic (exact) mass is 239 g/mol. The van der Waals surface area contributed by atoms with E-state index in [0.29, 0.717) is 6.61 Å². The lowest BCUT2D eigenvalue weighted by atomic mass is 9.74. The quantitative estimate of drug-likeness (QED) is 0.698. The Labute approximate surface area is 106 Å². The van der Waals surface area contributed by atoms with Crippen LogP contribution in [0.2, 0.25) is 0 Å². The first kappa shape index (κ1) is 13.4. The molecule has 0 saturated heterocycles. The van der Waals surface area contributed by atoms with Gasteiger partial charge in [0.1, 0.15) is 0 Å². The third kappa shape index (κ3) is 3.96. The molecule has 2 aliphatic carbocycles. The average Bonchev–Trinajstić information content (AvgIpc) is 2.89. The van der Waals surface area contributed by atoms with Gasteiger partial charge in [0.2, 0.25) is 0 Å². The van der Waals surface area contributed by atoms with Crippen molar-refractivity contribution in [2.45, 2.75) is 64.2 Å². The topological polar surface area (TPSA) is 32.3 Å². The van der Waals surface area contributed by atoms with Crippen LogP contribution in [0, 0.1) is 11.3 Å². The largest absolute Gasteiger partial charge is 0.396 e. The van der Waals surface area contributed by atoms with E-state index in [1.165, 1.54) is 64.2 Å². The van der Waals surface area contributed by atoms with E-state index < -0.39 is 0 Å². The second-order valence-electron chi connectivity index (χ2n) is 6.33. The van der Waals surface area contributed by atoms with E-state index in [1.807, 2.05) is 0 Å². The molecule has 0 aliphatic heterocycles. The maximum atomic E-state index is 9.61. The van der Waals surface area contributed by atoms with E-state index in [1.54, 1.807) is 0 Å². The van der Waals surface area contributed by atoms with Gasteiger partial charge in [-0.25, -0.2) is 0 Å². The van der Waals surface area contributed by atoms with E-state index >= 15 is 0 Å². The summed E-state index contributed by atoms with van der Waals surface area (Å²) in [6, 6.07) is 0. The third-order valence-electron chi connectivity index (χ3n) is 4.95. The molecule has 2 saturated carbocycles. The van der Waals surface area contributed by atoms with Crippen LogP contribution in [0.5, 0.6) is 0 Å². The summed E-state index contributed by atoms with van der Waals surface area (Å²) < 4.78 is 0. The van der Waals surface area contributed by atoms with E-state index in [0.717, 1.165) is 19.0 Å². The Balaban J connectivity index is 1.61. The molecule has 0 atom stereocenters. The van der Waals surface area contributed by atoms with Gasteiger partial charge in [0.05, 0.1) is 0 Å². The summed E-state index contributed by atoms with van der Waals surface area (Å²) in [7, 11) is 0. The fraction of sp³-hybridized carbons (Fsp3) is 1.00. The number of hydrogen-bond acceptors (Lipinski definition) is 2. The predicted octanol–water partition coefficient (Wildman–Crippen LogP) is 3.10. The molecule has 0 aromatic rings. The fourth-order valence-corrected chi connectivity index (χ4v) is 3.65. The van der Waals surface area contributed by atoms with Crippen LogP contribution in [0.25, 0.3) is 0 Å². The number of aliphatic hydroxyl groups excluding tert-OH is 1. The summed E-state index contributed by atoms with van der Waals surface area (Å²) in [5.41, 5.74) is 0.216. The van der Waals surface area contributed by atoms with Gasteiger partial charge in [0.25, 0.3) is 0 Å². The lowest BCUT2D eigenvalue weighted by Crippen LogP contribution is -2.39. The van der Waals surface area contributed by atoms with Crippen molar-refractivity contribution in [3.8, 4) is 0 Å². The van der Waals surface area contributed by atoms with Gasteiger partial charge in [-0.2, -0.15) is 0 Å². The highest BCUT2D eigenvalue weighted by Crippen LogP contribution is 2.35. The smallest absolute Gasteiger partial charge is 0.0499 e. The zero-order chi connectivity index (χ0) is 12.0. The first-order chi connectivity index (χ1) is 8.35. The fourth-order valence-electron chi connectivity index (χ4n) is 3.65. The molecule has 0 aromatic heterocycles. The van der Waals surface area contributed by atoms with Crippen LogP contribution < -0.4 is 5.32 Å². The van der Waals surface area contributed by atoms with Crippen LogP contribution in [0.1, 0.15) is 64.2 Å². The van der Waals surface area contributed by atoms with E-state index in [4.69, 9.17) is 0 Å². The Morgan fingerprint density at radius 1 is 1.00 bits per heavy atom. The summed E-state index contributed by atoms with van der Waals surface area (Å²) in [4.78, 5) is 0. The number of nitrogens with one attached hydrogen (secondary N) is 1. The van der Waals surface area contributed by atoms with Crippen molar-refractivity contribution in [1.82, 2.24) is 5.32 Å². The molecule has 2 fully saturated rings. The molecule has 0 unspecified atom stereocenters. The summed E-state index contributed by atoms with van der Waals surface area (Å²) in [6.07, 6.45) is 13.6. The predicted molar refractivity (Wildman–Crippen MR) is 72.0 cm³/mol. The Bertz CT molecular complexity index is 205. The van der Waals surface area contributed by atoms with E-state index in [-0.39, 0.29) is 5.41 Å². The first-order valence-electron chi connectivity index (χ1n) is 7.66. The van der Waals surface area contributed by atoms with Crippen LogP contribution >= 0.6 is 0 Å². The van der Waals surface area contributed by atoms with Crippen molar-refractivity contribution >= 4 is 0 Å². The van der Waals surface area contributed by atoms with Crippen molar-refractivity contribution < 1.29 is 5.11 Å². The van der Waals surface area contributed by atoms with Gasteiger partial charge in [-0.1, -0.05) is 44.9 Å². The van der Waals surface area contributed by atoms with E-state index in [2.05, 4.69) is 5.32 Å². The van der Waals surface area contributed by atoms with Crippen molar-refractivity contribution in [3.63, 3.8) is 0 Å². The average molecular weight is 239 g/mol. The summed E-state index contributed by atoms with van der Waals surface area (Å²) in [6.45, 7) is 2.58. The third-order valence-corrected chi connectivity index (χ3v) is 4.95. The molecule has 2 aliphatic rings. The Morgan fingerprint density at radius 2 is 1.71 bits per heavy atom. The highest BCUT2D eigenvalue weighted by Gasteiger charge is 2.30. The summed E-state index contributed by atoms with van der Waals surface area (Å²) >= 11 is 0. The molecule has 2 heteroatoms. The maximum Gasteiger partial charge on any atom is 0.0499 e. The zero-order valence-electron chi connectivity index (χ0n) is 11.2. The van der Waals surface area contributed by atoms with Crippen LogP contribution in [-0.4, -0.2) is 24.8 Å². The molecule has 2 N–H and O–H groups in total. The number of hydrogen-bond donors (Lipinski definition) is 2. The molecular formula is C15H29NO. The highest BCUT2D eigenvalue weighted by molar-refractivity contribution is 4.84. The molecule has 17 heavy (non-hydrogen) atoms. The molecule has 0 radical (unpaired) electrons. The van der Waals surface area contributed by atoms with Crippen LogP contribution in [0.15, 0.2) is 0 Å². The van der Waals surface area contributed by atoms with Crippen molar-refractivity contribution in [3.05, 3.63) is 0 Å². The molecule has 2 rings (SSSR count). The molecule has 0 amide bonds. The molecule has 2 nitrogen and oxygen atoms in total. The second kappa shape index (κ2) is 6.75. The minimum Gasteiger partial charge on any atom is -0.396 e. The van der Waals surface area contributed by atoms with Crippen LogP contribution in [0.4, 0.5) is 0 Å². The minimum absolute atomic E-state index is 0.216. The Kier molecular flexibility index (Phi) is 5.30. The van der Waals surface area contributed by atoms with Crippen LogP contribution in [0.3, 0.4) is 0 Å². The van der Waals surface area contributed by atoms with Gasteiger partial charge < -0.3 is 10.4 Å². The molecular weight excluding hydrogens is 210 g/mol. The summed E-state index contributed by atoms with van der Waals surface area (Å²) in [5.74, 6) is 0.985. The molecule has 0 aromatic carbocycles. The minimum atomic E-state index is 0.216. The van der Waals surface area contributed by atoms with Gasteiger partial charge in [0.15, 0.2) is 0 Å². The molecule has 100 valence electrons. The Hall–Kier alpha value is -0.0800. The standard InChI is InChI=1S/C15H29NO/c17-13-15(9-4-1-5-10-15)12-16-11-8-14-6-2-3-7-14/h14,16-17H,1-13H2. The zero-order valence-corrected chi connectivity index (χ0v) is 11.2. The molecule has 0 heterocycles. The lowest BCUT2D eigenvalue weighted by Gasteiger charge is -2.36. The normalized spacial score (nSPS) is 25.2. The van der Waals surface area contributed by atoms with Crippen molar-refractivity contribution in [2.75, 3.05) is 19.7 Å². The van der Waals surface area contributed by atoms with Gasteiger partial charge >= 0.3 is 0 Å². The van der Waals surface area contributed by atoms with Gasteiger partial charge in [-0.05, 0) is 31.7 Å². The second-order valence-corrected chi connectivity index (χ2v) is 6.33. The number of aliphatic hydroxyl groups is 1. The van der Waals surface area contributed by atoms with Crippen molar-refractivity contribution in [1.29, 1.82) is 0 Å². The maximum absolute atomic E-state index is 9.61. The van der Waals surface area contributed by atoms with Gasteiger partial charge in [0, 0.05) is 18.6 Å². The Morgan fingerprint density at radius 3 is 2.35 bits per heavy atom. The highest BCUT2D eigenvalue weighted by atomic mass is 16.3. The first-order valence-corrected chi connectivity index (χ1v) is 7.66. The van der Waals surface area contributed by atoms with E-state index in [9.17, 15) is 5.11 Å². The SMILES string of the molecule is OCC1(CNCCC2CCCC2)CCCCC1.